The molecule has 0 heterocycles. The number of hydrogen-bond donors (Lipinski definition) is 3. The topological polar surface area (TPSA) is 57.7 Å². The average Bonchev–Trinajstić information content (AvgIpc) is 3.18. The minimum absolute atomic E-state index is 0. The van der Waals surface area contributed by atoms with E-state index in [0.717, 1.165) is 51.1 Å². The Morgan fingerprint density at radius 1 is 1.14 bits per heavy atom. The van der Waals surface area contributed by atoms with Crippen molar-refractivity contribution >= 4 is 29.9 Å². The van der Waals surface area contributed by atoms with Crippen molar-refractivity contribution in [2.75, 3.05) is 39.9 Å². The van der Waals surface area contributed by atoms with Crippen LogP contribution >= 0.6 is 24.0 Å². The Morgan fingerprint density at radius 3 is 2.38 bits per heavy atom. The van der Waals surface area contributed by atoms with Crippen LogP contribution < -0.4 is 16.0 Å². The third kappa shape index (κ3) is 13.3. The van der Waals surface area contributed by atoms with E-state index < -0.39 is 0 Å². The van der Waals surface area contributed by atoms with Gasteiger partial charge in [0.1, 0.15) is 0 Å². The van der Waals surface area contributed by atoms with Gasteiger partial charge in [-0.15, -0.1) is 24.0 Å². The Labute approximate surface area is 147 Å². The van der Waals surface area contributed by atoms with Gasteiger partial charge >= 0.3 is 0 Å². The third-order valence-electron chi connectivity index (χ3n) is 3.10. The number of ether oxygens (including phenoxy) is 1. The Hall–Kier alpha value is -0.0800. The van der Waals surface area contributed by atoms with Gasteiger partial charge in [-0.2, -0.15) is 0 Å². The molecule has 0 radical (unpaired) electrons. The van der Waals surface area contributed by atoms with Gasteiger partial charge in [0.15, 0.2) is 5.96 Å². The van der Waals surface area contributed by atoms with Gasteiger partial charge < -0.3 is 20.7 Å². The summed E-state index contributed by atoms with van der Waals surface area (Å²) in [5.74, 6) is 1.72. The predicted octanol–water partition coefficient (Wildman–Crippen LogP) is 1.97. The van der Waals surface area contributed by atoms with Crippen LogP contribution in [0.1, 0.15) is 40.0 Å². The van der Waals surface area contributed by atoms with Crippen LogP contribution in [-0.4, -0.2) is 51.4 Å². The summed E-state index contributed by atoms with van der Waals surface area (Å²) >= 11 is 0. The van der Waals surface area contributed by atoms with Gasteiger partial charge in [-0.25, -0.2) is 0 Å². The van der Waals surface area contributed by atoms with Crippen LogP contribution in [0.15, 0.2) is 4.99 Å². The highest BCUT2D eigenvalue weighted by Gasteiger charge is 2.20. The maximum absolute atomic E-state index is 5.60. The normalized spacial score (nSPS) is 15.5. The van der Waals surface area contributed by atoms with E-state index >= 15 is 0 Å². The lowest BCUT2D eigenvalue weighted by atomic mass is 10.1. The van der Waals surface area contributed by atoms with Crippen LogP contribution in [0, 0.1) is 5.92 Å². The van der Waals surface area contributed by atoms with Gasteiger partial charge in [0.05, 0.1) is 0 Å². The summed E-state index contributed by atoms with van der Waals surface area (Å²) in [6.45, 7) is 11.0. The summed E-state index contributed by atoms with van der Waals surface area (Å²) in [5, 5.41) is 10.0. The van der Waals surface area contributed by atoms with Crippen molar-refractivity contribution in [1.29, 1.82) is 0 Å². The lowest BCUT2D eigenvalue weighted by molar-refractivity contribution is 0.123. The van der Waals surface area contributed by atoms with Gasteiger partial charge in [-0.1, -0.05) is 0 Å². The van der Waals surface area contributed by atoms with Gasteiger partial charge in [0.25, 0.3) is 0 Å². The molecule has 1 saturated carbocycles. The molecule has 1 aliphatic rings. The summed E-state index contributed by atoms with van der Waals surface area (Å²) in [6.07, 6.45) is 3.74. The summed E-state index contributed by atoms with van der Waals surface area (Å²) in [7, 11) is 1.80. The second-order valence-electron chi connectivity index (χ2n) is 6.47. The molecule has 0 aromatic carbocycles. The smallest absolute Gasteiger partial charge is 0.191 e. The van der Waals surface area contributed by atoms with Crippen molar-refractivity contribution in [3.63, 3.8) is 0 Å². The van der Waals surface area contributed by atoms with E-state index in [4.69, 9.17) is 4.74 Å². The molecule has 1 rings (SSSR count). The van der Waals surface area contributed by atoms with Crippen molar-refractivity contribution in [2.45, 2.75) is 45.6 Å². The number of guanidine groups is 1. The zero-order chi connectivity index (χ0) is 14.8. The highest BCUT2D eigenvalue weighted by atomic mass is 127. The lowest BCUT2D eigenvalue weighted by Gasteiger charge is -2.21. The van der Waals surface area contributed by atoms with Crippen LogP contribution in [0.5, 0.6) is 0 Å². The number of rotatable bonds is 9. The second kappa shape index (κ2) is 11.5. The van der Waals surface area contributed by atoms with Gasteiger partial charge in [-0.05, 0) is 46.0 Å². The quantitative estimate of drug-likeness (QED) is 0.235. The first kappa shape index (κ1) is 20.9. The number of nitrogens with one attached hydrogen (secondary N) is 3. The molecule has 0 aromatic heterocycles. The zero-order valence-electron chi connectivity index (χ0n) is 14.0. The van der Waals surface area contributed by atoms with E-state index in [0.29, 0.717) is 0 Å². The van der Waals surface area contributed by atoms with Crippen LogP contribution in [-0.2, 0) is 4.74 Å². The summed E-state index contributed by atoms with van der Waals surface area (Å²) in [6, 6.07) is 0. The Kier molecular flexibility index (Phi) is 11.4. The first-order valence-electron chi connectivity index (χ1n) is 7.78. The SMILES string of the molecule is CN=C(NCCCOCC1CC1)NCCNC(C)(C)C.I. The standard InChI is InChI=1S/C15H32N4O.HI/c1-15(2,3)19-10-9-18-14(16-4)17-8-5-11-20-12-13-6-7-13;/h13,19H,5-12H2,1-4H3,(H2,16,17,18);1H. The van der Waals surface area contributed by atoms with E-state index in [1.54, 1.807) is 7.05 Å². The van der Waals surface area contributed by atoms with Gasteiger partial charge in [0, 0.05) is 45.4 Å². The highest BCUT2D eigenvalue weighted by molar-refractivity contribution is 14.0. The molecule has 0 atom stereocenters. The van der Waals surface area contributed by atoms with Crippen LogP contribution in [0.2, 0.25) is 0 Å². The fourth-order valence-electron chi connectivity index (χ4n) is 1.75. The molecule has 0 unspecified atom stereocenters. The first-order chi connectivity index (χ1) is 9.51. The van der Waals surface area contributed by atoms with Crippen molar-refractivity contribution < 1.29 is 4.74 Å². The number of nitrogens with zero attached hydrogens (tertiary/aromatic N) is 1. The second-order valence-corrected chi connectivity index (χ2v) is 6.47. The fraction of sp³-hybridized carbons (Fsp3) is 0.933. The van der Waals surface area contributed by atoms with Crippen LogP contribution in [0.3, 0.4) is 0 Å². The van der Waals surface area contributed by atoms with Gasteiger partial charge in [0.2, 0.25) is 0 Å². The predicted molar refractivity (Wildman–Crippen MR) is 101 cm³/mol. The largest absolute Gasteiger partial charge is 0.381 e. The average molecular weight is 412 g/mol. The first-order valence-corrected chi connectivity index (χ1v) is 7.78. The molecule has 0 aromatic rings. The molecule has 0 saturated heterocycles. The Morgan fingerprint density at radius 2 is 1.81 bits per heavy atom. The zero-order valence-corrected chi connectivity index (χ0v) is 16.3. The molecule has 3 N–H and O–H groups in total. The maximum atomic E-state index is 5.60. The molecule has 21 heavy (non-hydrogen) atoms. The Bertz CT molecular complexity index is 288. The lowest BCUT2D eigenvalue weighted by Crippen LogP contribution is -2.44. The molecule has 1 fully saturated rings. The molecule has 6 heteroatoms. The van der Waals surface area contributed by atoms with E-state index in [1.807, 2.05) is 0 Å². The minimum Gasteiger partial charge on any atom is -0.381 e. The fourth-order valence-corrected chi connectivity index (χ4v) is 1.75. The summed E-state index contributed by atoms with van der Waals surface area (Å²) in [5.41, 5.74) is 0.164. The third-order valence-corrected chi connectivity index (χ3v) is 3.10. The molecule has 0 bridgehead atoms. The van der Waals surface area contributed by atoms with E-state index in [9.17, 15) is 0 Å². The number of halogens is 1. The number of aliphatic imine (C=N–C) groups is 1. The molecule has 0 aliphatic heterocycles. The summed E-state index contributed by atoms with van der Waals surface area (Å²) in [4.78, 5) is 4.20. The molecule has 5 nitrogen and oxygen atoms in total. The Balaban J connectivity index is 0.00000400. The van der Waals surface area contributed by atoms with Gasteiger partial charge in [-0.3, -0.25) is 4.99 Å². The molecule has 0 amide bonds. The molecule has 0 spiro atoms. The van der Waals surface area contributed by atoms with E-state index in [-0.39, 0.29) is 29.5 Å². The number of hydrogen-bond acceptors (Lipinski definition) is 3. The molecule has 1 aliphatic carbocycles. The molecule has 126 valence electrons. The van der Waals surface area contributed by atoms with Crippen molar-refractivity contribution in [2.24, 2.45) is 10.9 Å². The van der Waals surface area contributed by atoms with Crippen molar-refractivity contribution in [3.05, 3.63) is 0 Å². The van der Waals surface area contributed by atoms with Crippen molar-refractivity contribution in [1.82, 2.24) is 16.0 Å². The van der Waals surface area contributed by atoms with E-state index in [1.165, 1.54) is 12.8 Å². The minimum atomic E-state index is 0. The van der Waals surface area contributed by atoms with Crippen molar-refractivity contribution in [3.8, 4) is 0 Å². The molecular formula is C15H33IN4O. The monoisotopic (exact) mass is 412 g/mol. The highest BCUT2D eigenvalue weighted by Crippen LogP contribution is 2.28. The maximum Gasteiger partial charge on any atom is 0.191 e. The van der Waals surface area contributed by atoms with Crippen LogP contribution in [0.25, 0.3) is 0 Å². The summed E-state index contributed by atoms with van der Waals surface area (Å²) < 4.78 is 5.60. The van der Waals surface area contributed by atoms with Crippen LogP contribution in [0.4, 0.5) is 0 Å². The van der Waals surface area contributed by atoms with E-state index in [2.05, 4.69) is 41.7 Å². The molecular weight excluding hydrogens is 379 g/mol.